The summed E-state index contributed by atoms with van der Waals surface area (Å²) in [5, 5.41) is 10.2. The molecule has 0 spiro atoms. The molecule has 152 valence electrons. The zero-order chi connectivity index (χ0) is 19.4. The number of hydrogen-bond donors (Lipinski definition) is 0. The van der Waals surface area contributed by atoms with Crippen LogP contribution in [-0.4, -0.2) is 54.9 Å². The molecule has 0 rings (SSSR count). The first-order valence-corrected chi connectivity index (χ1v) is 11.2. The van der Waals surface area contributed by atoms with Gasteiger partial charge in [0.25, 0.3) is 0 Å². The fourth-order valence-corrected chi connectivity index (χ4v) is 2.64. The van der Waals surface area contributed by atoms with Gasteiger partial charge in [-0.3, -0.25) is 0 Å². The molecule has 0 heterocycles. The molecule has 8 heteroatoms. The van der Waals surface area contributed by atoms with Crippen molar-refractivity contribution in [2.75, 3.05) is 0 Å². The summed E-state index contributed by atoms with van der Waals surface area (Å²) in [6, 6.07) is 0. The van der Waals surface area contributed by atoms with Crippen molar-refractivity contribution in [3.63, 3.8) is 0 Å². The number of carbonyl (C=O) groups excluding carboxylic acids is 1. The number of unbranched alkanes of at least 4 members (excludes halogenated alkanes) is 14. The van der Waals surface area contributed by atoms with Crippen molar-refractivity contribution in [1.29, 1.82) is 0 Å². The summed E-state index contributed by atoms with van der Waals surface area (Å²) in [6.07, 6.45) is 19.9. The van der Waals surface area contributed by atoms with Crippen LogP contribution in [0, 0.1) is 0 Å². The fraction of sp³-hybridized carbons (Fsp3) is 0.944. The molecule has 0 saturated heterocycles. The van der Waals surface area contributed by atoms with E-state index in [0.717, 1.165) is 12.8 Å². The van der Waals surface area contributed by atoms with Crippen LogP contribution in [0.1, 0.15) is 110 Å². The second-order valence-electron chi connectivity index (χ2n) is 6.52. The van der Waals surface area contributed by atoms with Crippen LogP contribution >= 0.6 is 7.82 Å². The van der Waals surface area contributed by atoms with Crippen LogP contribution in [0.15, 0.2) is 0 Å². The van der Waals surface area contributed by atoms with Gasteiger partial charge in [-0.15, -0.1) is 0 Å². The van der Waals surface area contributed by atoms with Crippen LogP contribution in [0.5, 0.6) is 0 Å². The minimum atomic E-state index is -5.39. The topological polar surface area (TPSA) is 126 Å². The molecule has 0 aromatic heterocycles. The van der Waals surface area contributed by atoms with Gasteiger partial charge in [-0.25, -0.2) is 0 Å². The number of aliphatic carboxylic acids is 1. The average Bonchev–Trinajstić information content (AvgIpc) is 2.49. The summed E-state index contributed by atoms with van der Waals surface area (Å²) in [4.78, 5) is 35.9. The molecule has 0 aliphatic heterocycles. The number of rotatable bonds is 16. The molecule has 0 bridgehead atoms. The third-order valence-corrected chi connectivity index (χ3v) is 3.98. The van der Waals surface area contributed by atoms with E-state index in [-0.39, 0.29) is 55.3 Å². The van der Waals surface area contributed by atoms with Crippen LogP contribution in [0.2, 0.25) is 0 Å². The first-order chi connectivity index (χ1) is 11.8. The molecular weight excluding hydrogens is 480 g/mol. The van der Waals surface area contributed by atoms with E-state index >= 15 is 0 Å². The molecule has 0 aliphatic carbocycles. The van der Waals surface area contributed by atoms with E-state index in [1.165, 1.54) is 83.5 Å². The van der Waals surface area contributed by atoms with Gasteiger partial charge in [0.1, 0.15) is 0 Å². The van der Waals surface area contributed by atoms with E-state index in [4.69, 9.17) is 19.2 Å². The minimum Gasteiger partial charge on any atom is -0.822 e. The summed E-state index contributed by atoms with van der Waals surface area (Å²) < 4.78 is 8.55. The monoisotopic (exact) mass is 516 g/mol. The summed E-state index contributed by atoms with van der Waals surface area (Å²) in [7, 11) is -5.39. The third kappa shape index (κ3) is 44.5. The van der Waals surface area contributed by atoms with Gasteiger partial charge in [0.2, 0.25) is 0 Å². The second kappa shape index (κ2) is 24.2. The standard InChI is InChI=1S/C18H36O2.Ba.H3O4P/c1-2-3-4-5-6-7-8-9-10-11-12-13-14-15-16-17-18(19)20;;1-5(2,3)4/h2-17H2,1H3,(H,19,20);;(H3,1,2,3,4)/q;+2;/p-4. The van der Waals surface area contributed by atoms with Gasteiger partial charge < -0.3 is 29.1 Å². The van der Waals surface area contributed by atoms with E-state index in [1.807, 2.05) is 0 Å². The van der Waals surface area contributed by atoms with E-state index in [1.54, 1.807) is 0 Å². The largest absolute Gasteiger partial charge is 2.00 e. The SMILES string of the molecule is CCCCCCCCCCCCCCCCCC(=O)[O-].O=P([O-])([O-])[O-].[Ba+2]. The summed E-state index contributed by atoms with van der Waals surface area (Å²) in [6.45, 7) is 2.27. The van der Waals surface area contributed by atoms with Gasteiger partial charge in [-0.1, -0.05) is 96.8 Å². The molecular formula is C18H35BaO6P-2. The Labute approximate surface area is 199 Å². The van der Waals surface area contributed by atoms with Crippen LogP contribution in [0.4, 0.5) is 0 Å². The molecule has 0 amide bonds. The van der Waals surface area contributed by atoms with Gasteiger partial charge in [0, 0.05) is 5.97 Å². The predicted octanol–water partition coefficient (Wildman–Crippen LogP) is 1.79. The van der Waals surface area contributed by atoms with Crippen molar-refractivity contribution in [2.45, 2.75) is 110 Å². The van der Waals surface area contributed by atoms with Crippen molar-refractivity contribution in [3.05, 3.63) is 0 Å². The molecule has 0 saturated carbocycles. The van der Waals surface area contributed by atoms with Crippen LogP contribution in [-0.2, 0) is 9.36 Å². The maximum absolute atomic E-state index is 10.2. The summed E-state index contributed by atoms with van der Waals surface area (Å²) in [5.41, 5.74) is 0. The molecule has 0 aromatic carbocycles. The van der Waals surface area contributed by atoms with Crippen molar-refractivity contribution >= 4 is 62.7 Å². The molecule has 26 heavy (non-hydrogen) atoms. The van der Waals surface area contributed by atoms with Crippen LogP contribution in [0.25, 0.3) is 0 Å². The van der Waals surface area contributed by atoms with Crippen molar-refractivity contribution in [1.82, 2.24) is 0 Å². The van der Waals surface area contributed by atoms with E-state index in [0.29, 0.717) is 0 Å². The Bertz CT molecular complexity index is 327. The average molecular weight is 516 g/mol. The Hall–Kier alpha value is 1.15. The second-order valence-corrected chi connectivity index (χ2v) is 7.41. The number of carbonyl (C=O) groups is 1. The van der Waals surface area contributed by atoms with Crippen molar-refractivity contribution in [3.8, 4) is 0 Å². The first kappa shape index (κ1) is 31.8. The molecule has 0 aromatic rings. The van der Waals surface area contributed by atoms with Crippen molar-refractivity contribution in [2.24, 2.45) is 0 Å². The van der Waals surface area contributed by atoms with Gasteiger partial charge >= 0.3 is 48.9 Å². The number of carboxylic acid groups (broad SMARTS) is 1. The molecule has 6 nitrogen and oxygen atoms in total. The van der Waals surface area contributed by atoms with Gasteiger partial charge in [0.15, 0.2) is 0 Å². The van der Waals surface area contributed by atoms with Crippen LogP contribution in [0.3, 0.4) is 0 Å². The Morgan fingerprint density at radius 1 is 0.654 bits per heavy atom. The quantitative estimate of drug-likeness (QED) is 0.175. The molecule has 0 radical (unpaired) electrons. The van der Waals surface area contributed by atoms with Crippen molar-refractivity contribution < 1.29 is 29.1 Å². The molecule has 0 unspecified atom stereocenters. The third-order valence-electron chi connectivity index (χ3n) is 3.98. The minimum absolute atomic E-state index is 0. The zero-order valence-electron chi connectivity index (χ0n) is 16.4. The number of phosphoric acid groups is 1. The summed E-state index contributed by atoms with van der Waals surface area (Å²) >= 11 is 0. The zero-order valence-corrected chi connectivity index (χ0v) is 21.8. The predicted molar refractivity (Wildman–Crippen MR) is 97.9 cm³/mol. The Balaban J connectivity index is -0.000000772. The maximum atomic E-state index is 10.2. The molecule has 0 atom stereocenters. The number of carboxylic acids is 1. The Kier molecular flexibility index (Phi) is 29.6. The molecule has 0 aliphatic rings. The van der Waals surface area contributed by atoms with Gasteiger partial charge in [-0.05, 0) is 12.8 Å². The molecule has 0 fully saturated rings. The van der Waals surface area contributed by atoms with Crippen LogP contribution < -0.4 is 19.8 Å². The van der Waals surface area contributed by atoms with E-state index < -0.39 is 13.8 Å². The Morgan fingerprint density at radius 3 is 1.12 bits per heavy atom. The molecule has 0 N–H and O–H groups in total. The van der Waals surface area contributed by atoms with Gasteiger partial charge in [0.05, 0.1) is 0 Å². The number of hydrogen-bond acceptors (Lipinski definition) is 6. The fourth-order valence-electron chi connectivity index (χ4n) is 2.64. The summed E-state index contributed by atoms with van der Waals surface area (Å²) in [5.74, 6) is -0.903. The van der Waals surface area contributed by atoms with E-state index in [2.05, 4.69) is 6.92 Å². The normalized spacial score (nSPS) is 10.6. The first-order valence-electron chi connectivity index (χ1n) is 9.70. The Morgan fingerprint density at radius 2 is 0.885 bits per heavy atom. The van der Waals surface area contributed by atoms with Gasteiger partial charge in [-0.2, -0.15) is 7.82 Å². The van der Waals surface area contributed by atoms with E-state index in [9.17, 15) is 9.90 Å². The smallest absolute Gasteiger partial charge is 0.822 e. The maximum Gasteiger partial charge on any atom is 2.00 e.